The maximum absolute atomic E-state index is 13.4. The first-order valence-corrected chi connectivity index (χ1v) is 10.4. The molecule has 6 nitrogen and oxygen atoms in total. The second-order valence-corrected chi connectivity index (χ2v) is 8.06. The van der Waals surface area contributed by atoms with E-state index in [-0.39, 0.29) is 21.7 Å². The van der Waals surface area contributed by atoms with E-state index in [0.717, 1.165) is 9.48 Å². The van der Waals surface area contributed by atoms with Crippen LogP contribution in [0.2, 0.25) is 5.02 Å². The van der Waals surface area contributed by atoms with Crippen molar-refractivity contribution in [3.8, 4) is 0 Å². The summed E-state index contributed by atoms with van der Waals surface area (Å²) in [5.74, 6) is -2.52. The number of Topliss-reactive ketones (excluding diaryl/α,β-unsaturated/α-hetero) is 1. The Bertz CT molecular complexity index is 1190. The first kappa shape index (κ1) is 21.0. The molecule has 1 aliphatic heterocycles. The van der Waals surface area contributed by atoms with Gasteiger partial charge >= 0.3 is 0 Å². The highest BCUT2D eigenvalue weighted by Gasteiger charge is 2.42. The Hall–Kier alpha value is -3.29. The van der Waals surface area contributed by atoms with E-state index in [4.69, 9.17) is 11.6 Å². The number of hydrogen-bond donors (Lipinski definition) is 0. The third-order valence-electron chi connectivity index (χ3n) is 4.81. The number of nitrogens with zero attached hydrogens (tertiary/aromatic N) is 2. The van der Waals surface area contributed by atoms with E-state index in [9.17, 15) is 19.2 Å². The minimum Gasteiger partial charge on any atom is -0.292 e. The molecule has 1 heterocycles. The lowest BCUT2D eigenvalue weighted by atomic mass is 10.1. The van der Waals surface area contributed by atoms with Crippen molar-refractivity contribution in [3.05, 3.63) is 105 Å². The fraction of sp³-hybridized carbons (Fsp3) is 0.0435. The van der Waals surface area contributed by atoms with Crippen LogP contribution in [0.5, 0.6) is 0 Å². The van der Waals surface area contributed by atoms with Gasteiger partial charge in [0, 0.05) is 10.0 Å². The van der Waals surface area contributed by atoms with Crippen LogP contribution in [0.3, 0.4) is 0 Å². The Morgan fingerprint density at radius 3 is 1.97 bits per heavy atom. The number of amides is 3. The van der Waals surface area contributed by atoms with Gasteiger partial charge in [0.1, 0.15) is 6.54 Å². The molecule has 1 aliphatic rings. The van der Waals surface area contributed by atoms with Crippen molar-refractivity contribution in [2.24, 2.45) is 0 Å². The fourth-order valence-corrected chi connectivity index (χ4v) is 3.75. The summed E-state index contributed by atoms with van der Waals surface area (Å²) in [6, 6.07) is 19.1. The van der Waals surface area contributed by atoms with Crippen molar-refractivity contribution in [1.82, 2.24) is 10.0 Å². The minimum atomic E-state index is -0.731. The van der Waals surface area contributed by atoms with Gasteiger partial charge in [-0.05, 0) is 36.4 Å². The molecule has 3 aromatic rings. The van der Waals surface area contributed by atoms with Crippen LogP contribution in [0, 0.1) is 0 Å². The monoisotopic (exact) mass is 496 g/mol. The SMILES string of the molecule is O=C(CN(C(=O)c1ccccc1Cl)N1C(=O)c2ccccc2C1=O)c1ccc(Br)cc1. The lowest BCUT2D eigenvalue weighted by Gasteiger charge is -2.29. The lowest BCUT2D eigenvalue weighted by Crippen LogP contribution is -2.51. The van der Waals surface area contributed by atoms with E-state index >= 15 is 0 Å². The van der Waals surface area contributed by atoms with Gasteiger partial charge in [0.05, 0.1) is 21.7 Å². The topological polar surface area (TPSA) is 74.8 Å². The van der Waals surface area contributed by atoms with Crippen LogP contribution >= 0.6 is 27.5 Å². The van der Waals surface area contributed by atoms with Crippen LogP contribution in [0.4, 0.5) is 0 Å². The molecule has 0 atom stereocenters. The third-order valence-corrected chi connectivity index (χ3v) is 5.67. The zero-order valence-corrected chi connectivity index (χ0v) is 18.3. The predicted octanol–water partition coefficient (Wildman–Crippen LogP) is 4.64. The van der Waals surface area contributed by atoms with Crippen molar-refractivity contribution in [3.63, 3.8) is 0 Å². The standard InChI is InChI=1S/C23H14BrClN2O4/c24-15-11-9-14(10-12-15)20(28)13-26(21(29)18-7-3-4-8-19(18)25)27-22(30)16-5-1-2-6-17(16)23(27)31/h1-12H,13H2. The molecule has 0 N–H and O–H groups in total. The number of halogens is 2. The molecule has 0 saturated carbocycles. The summed E-state index contributed by atoms with van der Waals surface area (Å²) in [5.41, 5.74) is 0.738. The number of hydrogen-bond acceptors (Lipinski definition) is 4. The van der Waals surface area contributed by atoms with Crippen molar-refractivity contribution in [1.29, 1.82) is 0 Å². The van der Waals surface area contributed by atoms with Gasteiger partial charge in [-0.2, -0.15) is 5.01 Å². The Morgan fingerprint density at radius 2 is 1.39 bits per heavy atom. The number of fused-ring (bicyclic) bond motifs is 1. The zero-order chi connectivity index (χ0) is 22.1. The van der Waals surface area contributed by atoms with Gasteiger partial charge in [-0.3, -0.25) is 19.2 Å². The predicted molar refractivity (Wildman–Crippen MR) is 118 cm³/mol. The van der Waals surface area contributed by atoms with Gasteiger partial charge in [-0.1, -0.05) is 63.9 Å². The Labute approximate surface area is 191 Å². The molecular weight excluding hydrogens is 484 g/mol. The molecule has 0 saturated heterocycles. The van der Waals surface area contributed by atoms with Crippen LogP contribution in [0.15, 0.2) is 77.3 Å². The van der Waals surface area contributed by atoms with Crippen LogP contribution in [0.25, 0.3) is 0 Å². The van der Waals surface area contributed by atoms with E-state index < -0.39 is 30.0 Å². The molecule has 31 heavy (non-hydrogen) atoms. The van der Waals surface area contributed by atoms with E-state index in [1.54, 1.807) is 48.5 Å². The van der Waals surface area contributed by atoms with Crippen LogP contribution in [-0.2, 0) is 0 Å². The van der Waals surface area contributed by atoms with Crippen LogP contribution < -0.4 is 0 Å². The van der Waals surface area contributed by atoms with Crippen LogP contribution in [-0.4, -0.2) is 40.1 Å². The molecule has 3 amide bonds. The highest BCUT2D eigenvalue weighted by Crippen LogP contribution is 2.27. The quantitative estimate of drug-likeness (QED) is 0.380. The molecule has 4 rings (SSSR count). The Balaban J connectivity index is 1.75. The lowest BCUT2D eigenvalue weighted by molar-refractivity contribution is 0.00532. The smallest absolute Gasteiger partial charge is 0.280 e. The van der Waals surface area contributed by atoms with E-state index in [2.05, 4.69) is 15.9 Å². The largest absolute Gasteiger partial charge is 0.292 e. The average Bonchev–Trinajstić information content (AvgIpc) is 3.03. The maximum atomic E-state index is 13.4. The number of hydrazine groups is 1. The molecule has 0 unspecified atom stereocenters. The van der Waals surface area contributed by atoms with Gasteiger partial charge in [-0.25, -0.2) is 5.01 Å². The summed E-state index contributed by atoms with van der Waals surface area (Å²) in [6.07, 6.45) is 0. The molecule has 0 fully saturated rings. The van der Waals surface area contributed by atoms with Gasteiger partial charge < -0.3 is 0 Å². The summed E-state index contributed by atoms with van der Waals surface area (Å²) >= 11 is 9.48. The first-order valence-electron chi connectivity index (χ1n) is 9.21. The van der Waals surface area contributed by atoms with Gasteiger partial charge in [0.15, 0.2) is 5.78 Å². The zero-order valence-electron chi connectivity index (χ0n) is 15.9. The third kappa shape index (κ3) is 3.89. The normalized spacial score (nSPS) is 12.6. The van der Waals surface area contributed by atoms with Gasteiger partial charge in [0.2, 0.25) is 0 Å². The van der Waals surface area contributed by atoms with E-state index in [1.165, 1.54) is 24.3 Å². The minimum absolute atomic E-state index is 0.0735. The van der Waals surface area contributed by atoms with Gasteiger partial charge in [0.25, 0.3) is 17.7 Å². The maximum Gasteiger partial charge on any atom is 0.280 e. The number of carbonyl (C=O) groups is 4. The first-order chi connectivity index (χ1) is 14.9. The molecule has 0 aliphatic carbocycles. The second kappa shape index (κ2) is 8.45. The number of imide groups is 1. The number of carbonyl (C=O) groups excluding carboxylic acids is 4. The number of ketones is 1. The van der Waals surface area contributed by atoms with E-state index in [1.807, 2.05) is 0 Å². The summed E-state index contributed by atoms with van der Waals surface area (Å²) < 4.78 is 0.786. The molecular formula is C23H14BrClN2O4. The molecule has 0 bridgehead atoms. The van der Waals surface area contributed by atoms with Crippen molar-refractivity contribution >= 4 is 51.0 Å². The van der Waals surface area contributed by atoms with Crippen LogP contribution in [0.1, 0.15) is 41.4 Å². The van der Waals surface area contributed by atoms with E-state index in [0.29, 0.717) is 10.6 Å². The highest BCUT2D eigenvalue weighted by atomic mass is 79.9. The second-order valence-electron chi connectivity index (χ2n) is 6.74. The molecule has 8 heteroatoms. The van der Waals surface area contributed by atoms with Crippen molar-refractivity contribution in [2.75, 3.05) is 6.54 Å². The molecule has 0 spiro atoms. The Kier molecular flexibility index (Phi) is 5.71. The summed E-state index contributed by atoms with van der Waals surface area (Å²) in [5, 5.41) is 1.72. The Morgan fingerprint density at radius 1 is 0.839 bits per heavy atom. The fourth-order valence-electron chi connectivity index (χ4n) is 3.27. The summed E-state index contributed by atoms with van der Waals surface area (Å²) in [4.78, 5) is 52.3. The molecule has 0 aromatic heterocycles. The van der Waals surface area contributed by atoms with Crippen molar-refractivity contribution < 1.29 is 19.2 Å². The highest BCUT2D eigenvalue weighted by molar-refractivity contribution is 9.10. The average molecular weight is 498 g/mol. The van der Waals surface area contributed by atoms with Crippen molar-refractivity contribution in [2.45, 2.75) is 0 Å². The molecule has 3 aromatic carbocycles. The molecule has 0 radical (unpaired) electrons. The number of benzene rings is 3. The number of rotatable bonds is 5. The summed E-state index contributed by atoms with van der Waals surface area (Å²) in [6.45, 7) is -0.517. The molecule has 154 valence electrons. The summed E-state index contributed by atoms with van der Waals surface area (Å²) in [7, 11) is 0. The van der Waals surface area contributed by atoms with Gasteiger partial charge in [-0.15, -0.1) is 0 Å².